The van der Waals surface area contributed by atoms with E-state index < -0.39 is 0 Å². The van der Waals surface area contributed by atoms with E-state index in [0.29, 0.717) is 36.3 Å². The molecule has 1 amide bonds. The van der Waals surface area contributed by atoms with Crippen molar-refractivity contribution in [3.8, 4) is 11.5 Å². The Bertz CT molecular complexity index is 1010. The molecule has 1 aromatic heterocycles. The monoisotopic (exact) mass is 377 g/mol. The third kappa shape index (κ3) is 4.29. The summed E-state index contributed by atoms with van der Waals surface area (Å²) in [6.07, 6.45) is 1.47. The minimum Gasteiger partial charge on any atom is -0.486 e. The smallest absolute Gasteiger partial charge is 0.221 e. The number of amides is 1. The van der Waals surface area contributed by atoms with E-state index in [0.717, 1.165) is 17.1 Å². The van der Waals surface area contributed by atoms with Gasteiger partial charge in [0.1, 0.15) is 31.2 Å². The van der Waals surface area contributed by atoms with E-state index in [1.807, 2.05) is 42.5 Å². The molecule has 1 aliphatic heterocycles. The number of carbonyl (C=O) groups excluding carboxylic acids is 1. The van der Waals surface area contributed by atoms with Crippen molar-refractivity contribution < 1.29 is 14.3 Å². The maximum absolute atomic E-state index is 11.2. The molecule has 0 spiro atoms. The Balaban J connectivity index is 1.48. The average Bonchev–Trinajstić information content (AvgIpc) is 2.68. The van der Waals surface area contributed by atoms with Gasteiger partial charge in [0.15, 0.2) is 11.5 Å². The average molecular weight is 377 g/mol. The number of fused-ring (bicyclic) bond motifs is 1. The molecule has 2 heterocycles. The molecular weight excluding hydrogens is 358 g/mol. The first kappa shape index (κ1) is 17.6. The van der Waals surface area contributed by atoms with Gasteiger partial charge in [0, 0.05) is 36.1 Å². The van der Waals surface area contributed by atoms with Crippen molar-refractivity contribution in [3.63, 3.8) is 0 Å². The molecule has 142 valence electrons. The molecule has 0 saturated carbocycles. The summed E-state index contributed by atoms with van der Waals surface area (Å²) >= 11 is 0. The van der Waals surface area contributed by atoms with Crippen LogP contribution < -0.4 is 25.4 Å². The van der Waals surface area contributed by atoms with Crippen molar-refractivity contribution in [1.29, 1.82) is 0 Å². The van der Waals surface area contributed by atoms with E-state index in [9.17, 15) is 4.79 Å². The van der Waals surface area contributed by atoms with E-state index >= 15 is 0 Å². The minimum absolute atomic E-state index is 0.120. The van der Waals surface area contributed by atoms with Crippen LogP contribution >= 0.6 is 0 Å². The van der Waals surface area contributed by atoms with Crippen LogP contribution in [-0.4, -0.2) is 29.1 Å². The van der Waals surface area contributed by atoms with E-state index in [2.05, 4.69) is 25.9 Å². The van der Waals surface area contributed by atoms with Gasteiger partial charge in [-0.15, -0.1) is 0 Å². The van der Waals surface area contributed by atoms with Gasteiger partial charge in [0.05, 0.1) is 0 Å². The van der Waals surface area contributed by atoms with Crippen LogP contribution in [0.15, 0.2) is 54.9 Å². The molecule has 3 N–H and O–H groups in total. The van der Waals surface area contributed by atoms with E-state index in [1.165, 1.54) is 13.3 Å². The lowest BCUT2D eigenvalue weighted by Crippen LogP contribution is -2.15. The molecule has 2 aromatic carbocycles. The van der Waals surface area contributed by atoms with Gasteiger partial charge in [-0.05, 0) is 30.3 Å². The second-order valence-corrected chi connectivity index (χ2v) is 6.16. The number of hydrogen-bond acceptors (Lipinski definition) is 7. The third-order valence-electron chi connectivity index (χ3n) is 3.94. The van der Waals surface area contributed by atoms with Gasteiger partial charge in [-0.2, -0.15) is 0 Å². The highest BCUT2D eigenvalue weighted by atomic mass is 16.6. The fourth-order valence-electron chi connectivity index (χ4n) is 2.79. The van der Waals surface area contributed by atoms with Crippen LogP contribution in [0.3, 0.4) is 0 Å². The zero-order chi connectivity index (χ0) is 19.3. The number of aromatic nitrogens is 2. The summed E-state index contributed by atoms with van der Waals surface area (Å²) in [7, 11) is 0. The Morgan fingerprint density at radius 3 is 2.29 bits per heavy atom. The topological polar surface area (TPSA) is 97.4 Å². The molecule has 0 fully saturated rings. The molecule has 1 aliphatic rings. The Labute approximate surface area is 161 Å². The van der Waals surface area contributed by atoms with Crippen LogP contribution in [0.1, 0.15) is 6.92 Å². The maximum atomic E-state index is 11.2. The van der Waals surface area contributed by atoms with Crippen molar-refractivity contribution in [1.82, 2.24) is 9.97 Å². The highest BCUT2D eigenvalue weighted by Crippen LogP contribution is 2.33. The zero-order valence-electron chi connectivity index (χ0n) is 15.2. The quantitative estimate of drug-likeness (QED) is 0.624. The summed E-state index contributed by atoms with van der Waals surface area (Å²) in [5.74, 6) is 2.58. The first-order valence-corrected chi connectivity index (χ1v) is 8.79. The largest absolute Gasteiger partial charge is 0.486 e. The Morgan fingerprint density at radius 1 is 0.857 bits per heavy atom. The number of carbonyl (C=O) groups is 1. The van der Waals surface area contributed by atoms with E-state index in [4.69, 9.17) is 9.47 Å². The van der Waals surface area contributed by atoms with Crippen LogP contribution in [0.4, 0.5) is 28.7 Å². The maximum Gasteiger partial charge on any atom is 0.221 e. The molecule has 8 nitrogen and oxygen atoms in total. The third-order valence-corrected chi connectivity index (χ3v) is 3.94. The molecule has 0 bridgehead atoms. The number of hydrogen-bond donors (Lipinski definition) is 3. The Kier molecular flexibility index (Phi) is 4.92. The second-order valence-electron chi connectivity index (χ2n) is 6.16. The molecule has 0 radical (unpaired) electrons. The summed E-state index contributed by atoms with van der Waals surface area (Å²) in [6, 6.07) is 14.8. The molecule has 4 rings (SSSR count). The normalized spacial score (nSPS) is 12.2. The molecule has 8 heteroatoms. The van der Waals surface area contributed by atoms with Crippen molar-refractivity contribution in [2.24, 2.45) is 0 Å². The van der Waals surface area contributed by atoms with Gasteiger partial charge in [0.25, 0.3) is 0 Å². The van der Waals surface area contributed by atoms with Gasteiger partial charge in [-0.1, -0.05) is 6.07 Å². The molecule has 28 heavy (non-hydrogen) atoms. The summed E-state index contributed by atoms with van der Waals surface area (Å²) in [5, 5.41) is 9.19. The first-order valence-electron chi connectivity index (χ1n) is 8.79. The number of rotatable bonds is 5. The predicted octanol–water partition coefficient (Wildman–Crippen LogP) is 3.69. The van der Waals surface area contributed by atoms with E-state index in [1.54, 1.807) is 6.07 Å². The predicted molar refractivity (Wildman–Crippen MR) is 107 cm³/mol. The molecule has 0 saturated heterocycles. The summed E-state index contributed by atoms with van der Waals surface area (Å²) in [5.41, 5.74) is 2.35. The van der Waals surface area contributed by atoms with Crippen LogP contribution in [0.2, 0.25) is 0 Å². The summed E-state index contributed by atoms with van der Waals surface area (Å²) < 4.78 is 11.1. The van der Waals surface area contributed by atoms with Gasteiger partial charge in [-0.25, -0.2) is 9.97 Å². The fourth-order valence-corrected chi connectivity index (χ4v) is 2.79. The highest BCUT2D eigenvalue weighted by Gasteiger charge is 2.12. The van der Waals surface area contributed by atoms with Crippen molar-refractivity contribution in [2.75, 3.05) is 29.2 Å². The number of nitrogens with zero attached hydrogens (tertiary/aromatic N) is 2. The number of anilines is 5. The molecule has 3 aromatic rings. The van der Waals surface area contributed by atoms with Crippen LogP contribution in [0.25, 0.3) is 0 Å². The van der Waals surface area contributed by atoms with Crippen LogP contribution in [0.5, 0.6) is 11.5 Å². The molecular formula is C20H19N5O3. The SMILES string of the molecule is CC(=O)Nc1cccc(Nc2cc(Nc3ccc4c(c3)OCCO4)ncn2)c1. The number of nitrogens with one attached hydrogen (secondary N) is 3. The molecule has 0 aliphatic carbocycles. The lowest BCUT2D eigenvalue weighted by atomic mass is 10.2. The van der Waals surface area contributed by atoms with Gasteiger partial charge < -0.3 is 25.4 Å². The number of benzene rings is 2. The fraction of sp³-hybridized carbons (Fsp3) is 0.150. The number of ether oxygens (including phenoxy) is 2. The zero-order valence-corrected chi connectivity index (χ0v) is 15.2. The van der Waals surface area contributed by atoms with Gasteiger partial charge in [-0.3, -0.25) is 4.79 Å². The first-order chi connectivity index (χ1) is 13.7. The van der Waals surface area contributed by atoms with Gasteiger partial charge in [0.2, 0.25) is 5.91 Å². The minimum atomic E-state index is -0.120. The van der Waals surface area contributed by atoms with Crippen LogP contribution in [0, 0.1) is 0 Å². The Hall–Kier alpha value is -3.81. The van der Waals surface area contributed by atoms with Crippen molar-refractivity contribution in [2.45, 2.75) is 6.92 Å². The highest BCUT2D eigenvalue weighted by molar-refractivity contribution is 5.89. The van der Waals surface area contributed by atoms with Crippen molar-refractivity contribution in [3.05, 3.63) is 54.9 Å². The molecule has 0 unspecified atom stereocenters. The summed E-state index contributed by atoms with van der Waals surface area (Å²) in [6.45, 7) is 2.57. The molecule has 0 atom stereocenters. The van der Waals surface area contributed by atoms with E-state index in [-0.39, 0.29) is 5.91 Å². The van der Waals surface area contributed by atoms with Gasteiger partial charge >= 0.3 is 0 Å². The van der Waals surface area contributed by atoms with Crippen LogP contribution in [-0.2, 0) is 4.79 Å². The standard InChI is InChI=1S/C20H19N5O3/c1-13(26)23-14-3-2-4-15(9-14)24-19-11-20(22-12-21-19)25-16-5-6-17-18(10-16)28-8-7-27-17/h2-6,9-12H,7-8H2,1H3,(H,23,26)(H2,21,22,24,25). The second kappa shape index (κ2) is 7.83. The Morgan fingerprint density at radius 2 is 1.54 bits per heavy atom. The summed E-state index contributed by atoms with van der Waals surface area (Å²) in [4.78, 5) is 19.7. The lowest BCUT2D eigenvalue weighted by molar-refractivity contribution is -0.114. The lowest BCUT2D eigenvalue weighted by Gasteiger charge is -2.19. The van der Waals surface area contributed by atoms with Crippen molar-refractivity contribution >= 4 is 34.6 Å².